The van der Waals surface area contributed by atoms with Crippen LogP contribution >= 0.6 is 0 Å². The lowest BCUT2D eigenvalue weighted by atomic mass is 10.1. The molecule has 1 atom stereocenters. The highest BCUT2D eigenvalue weighted by Gasteiger charge is 2.30. The first kappa shape index (κ1) is 10.3. The fraction of sp³-hybridized carbons (Fsp3) is 0.273. The number of terminal acetylenes is 1. The first-order valence-corrected chi connectivity index (χ1v) is 4.78. The minimum atomic E-state index is -0.0817. The fourth-order valence-corrected chi connectivity index (χ4v) is 1.54. The molecule has 5 heteroatoms. The van der Waals surface area contributed by atoms with Crippen LogP contribution in [-0.2, 0) is 4.79 Å². The van der Waals surface area contributed by atoms with Gasteiger partial charge in [0.05, 0.1) is 5.56 Å². The number of aldehydes is 1. The highest BCUT2D eigenvalue weighted by atomic mass is 16.2. The van der Waals surface area contributed by atoms with E-state index in [2.05, 4.69) is 15.9 Å². The van der Waals surface area contributed by atoms with E-state index in [4.69, 9.17) is 6.42 Å². The van der Waals surface area contributed by atoms with Gasteiger partial charge in [0.15, 0.2) is 6.29 Å². The third-order valence-corrected chi connectivity index (χ3v) is 2.40. The van der Waals surface area contributed by atoms with Crippen molar-refractivity contribution in [2.45, 2.75) is 6.42 Å². The Labute approximate surface area is 92.5 Å². The summed E-state index contributed by atoms with van der Waals surface area (Å²) in [4.78, 5) is 31.3. The van der Waals surface area contributed by atoms with Crippen molar-refractivity contribution in [3.8, 4) is 12.3 Å². The number of hydrogen-bond acceptors (Lipinski definition) is 4. The van der Waals surface area contributed by atoms with Gasteiger partial charge in [0.1, 0.15) is 0 Å². The second-order valence-electron chi connectivity index (χ2n) is 3.51. The second kappa shape index (κ2) is 4.11. The molecule has 0 bridgehead atoms. The Balaban J connectivity index is 2.22. The van der Waals surface area contributed by atoms with Crippen LogP contribution in [0.1, 0.15) is 16.8 Å². The number of anilines is 1. The minimum absolute atomic E-state index is 0.0816. The number of carbonyl (C=O) groups excluding carboxylic acids is 2. The van der Waals surface area contributed by atoms with E-state index < -0.39 is 0 Å². The van der Waals surface area contributed by atoms with E-state index in [0.29, 0.717) is 30.8 Å². The number of rotatable bonds is 2. The summed E-state index contributed by atoms with van der Waals surface area (Å²) in [5.74, 6) is 2.68. The van der Waals surface area contributed by atoms with Gasteiger partial charge in [-0.2, -0.15) is 0 Å². The first-order valence-electron chi connectivity index (χ1n) is 4.78. The maximum Gasteiger partial charge on any atom is 0.232 e. The molecule has 1 aromatic rings. The molecule has 80 valence electrons. The minimum Gasteiger partial charge on any atom is -0.298 e. The molecule has 1 aliphatic rings. The second-order valence-corrected chi connectivity index (χ2v) is 3.51. The molecule has 2 heterocycles. The Hall–Kier alpha value is -2.22. The van der Waals surface area contributed by atoms with Gasteiger partial charge in [-0.25, -0.2) is 9.97 Å². The molecule has 2 rings (SSSR count). The van der Waals surface area contributed by atoms with Crippen LogP contribution in [0.25, 0.3) is 0 Å². The average molecular weight is 215 g/mol. The van der Waals surface area contributed by atoms with Gasteiger partial charge in [0.2, 0.25) is 11.9 Å². The summed E-state index contributed by atoms with van der Waals surface area (Å²) in [6.45, 7) is 0.440. The average Bonchev–Trinajstić information content (AvgIpc) is 2.71. The standard InChI is InChI=1S/C11H9N3O2/c1-2-8-3-10(16)14(6-8)11-12-4-9(7-15)5-13-11/h1,4-5,7-8H,3,6H2. The van der Waals surface area contributed by atoms with Gasteiger partial charge in [0, 0.05) is 31.3 Å². The summed E-state index contributed by atoms with van der Waals surface area (Å²) in [5, 5.41) is 0. The number of nitrogens with zero attached hydrogens (tertiary/aromatic N) is 3. The van der Waals surface area contributed by atoms with Crippen LogP contribution < -0.4 is 4.90 Å². The Morgan fingerprint density at radius 2 is 2.19 bits per heavy atom. The van der Waals surface area contributed by atoms with Crippen LogP contribution in [0.3, 0.4) is 0 Å². The third kappa shape index (κ3) is 1.77. The number of amides is 1. The lowest BCUT2D eigenvalue weighted by molar-refractivity contribution is -0.117. The predicted molar refractivity (Wildman–Crippen MR) is 56.7 cm³/mol. The molecule has 1 saturated heterocycles. The number of carbonyl (C=O) groups is 2. The van der Waals surface area contributed by atoms with E-state index in [1.807, 2.05) is 0 Å². The highest BCUT2D eigenvalue weighted by Crippen LogP contribution is 2.20. The van der Waals surface area contributed by atoms with Gasteiger partial charge in [-0.3, -0.25) is 14.5 Å². The summed E-state index contributed by atoms with van der Waals surface area (Å²) in [7, 11) is 0. The quantitative estimate of drug-likeness (QED) is 0.525. The zero-order valence-electron chi connectivity index (χ0n) is 8.46. The van der Waals surface area contributed by atoms with E-state index in [1.54, 1.807) is 0 Å². The molecule has 16 heavy (non-hydrogen) atoms. The molecule has 1 fully saturated rings. The number of hydrogen-bond donors (Lipinski definition) is 0. The van der Waals surface area contributed by atoms with Crippen molar-refractivity contribution in [3.05, 3.63) is 18.0 Å². The van der Waals surface area contributed by atoms with Gasteiger partial charge in [-0.1, -0.05) is 0 Å². The van der Waals surface area contributed by atoms with Crippen LogP contribution in [0.4, 0.5) is 5.95 Å². The van der Waals surface area contributed by atoms with Crippen LogP contribution in [0.2, 0.25) is 0 Å². The largest absolute Gasteiger partial charge is 0.298 e. The van der Waals surface area contributed by atoms with Gasteiger partial charge in [0.25, 0.3) is 0 Å². The van der Waals surface area contributed by atoms with E-state index in [1.165, 1.54) is 17.3 Å². The Morgan fingerprint density at radius 3 is 2.69 bits per heavy atom. The van der Waals surface area contributed by atoms with E-state index in [9.17, 15) is 9.59 Å². The first-order chi connectivity index (χ1) is 7.74. The zero-order valence-corrected chi connectivity index (χ0v) is 8.46. The molecule has 1 aromatic heterocycles. The van der Waals surface area contributed by atoms with Gasteiger partial charge in [-0.05, 0) is 0 Å². The summed E-state index contributed by atoms with van der Waals surface area (Å²) in [6, 6.07) is 0. The van der Waals surface area contributed by atoms with Crippen molar-refractivity contribution in [1.82, 2.24) is 9.97 Å². The van der Waals surface area contributed by atoms with E-state index >= 15 is 0 Å². The van der Waals surface area contributed by atoms with Crippen molar-refractivity contribution >= 4 is 18.1 Å². The smallest absolute Gasteiger partial charge is 0.232 e. The summed E-state index contributed by atoms with van der Waals surface area (Å²) >= 11 is 0. The van der Waals surface area contributed by atoms with Crippen molar-refractivity contribution in [2.24, 2.45) is 5.92 Å². The van der Waals surface area contributed by atoms with Crippen molar-refractivity contribution < 1.29 is 9.59 Å². The molecule has 0 spiro atoms. The topological polar surface area (TPSA) is 63.2 Å². The zero-order chi connectivity index (χ0) is 11.5. The van der Waals surface area contributed by atoms with Gasteiger partial charge in [-0.15, -0.1) is 12.3 Å². The predicted octanol–water partition coefficient (Wildman–Crippen LogP) is 0.275. The molecular weight excluding hydrogens is 206 g/mol. The molecule has 1 amide bonds. The van der Waals surface area contributed by atoms with Crippen molar-refractivity contribution in [1.29, 1.82) is 0 Å². The highest BCUT2D eigenvalue weighted by molar-refractivity contribution is 5.94. The number of aromatic nitrogens is 2. The van der Waals surface area contributed by atoms with Crippen LogP contribution in [0.5, 0.6) is 0 Å². The molecule has 1 unspecified atom stereocenters. The maximum atomic E-state index is 11.6. The molecule has 5 nitrogen and oxygen atoms in total. The van der Waals surface area contributed by atoms with Crippen LogP contribution in [0.15, 0.2) is 12.4 Å². The fourth-order valence-electron chi connectivity index (χ4n) is 1.54. The van der Waals surface area contributed by atoms with Gasteiger partial charge >= 0.3 is 0 Å². The molecule has 0 aromatic carbocycles. The summed E-state index contributed by atoms with van der Waals surface area (Å²) in [5.41, 5.74) is 0.379. The SMILES string of the molecule is C#CC1CC(=O)N(c2ncc(C=O)cn2)C1. The Kier molecular flexibility index (Phi) is 2.64. The lowest BCUT2D eigenvalue weighted by Gasteiger charge is -2.12. The molecule has 0 aliphatic carbocycles. The normalized spacial score (nSPS) is 19.6. The van der Waals surface area contributed by atoms with Gasteiger partial charge < -0.3 is 0 Å². The molecule has 0 N–H and O–H groups in total. The van der Waals surface area contributed by atoms with Crippen molar-refractivity contribution in [3.63, 3.8) is 0 Å². The molecule has 0 saturated carbocycles. The summed E-state index contributed by atoms with van der Waals surface area (Å²) < 4.78 is 0. The van der Waals surface area contributed by atoms with E-state index in [-0.39, 0.29) is 11.8 Å². The third-order valence-electron chi connectivity index (χ3n) is 2.40. The van der Waals surface area contributed by atoms with Crippen LogP contribution in [0, 0.1) is 18.3 Å². The monoisotopic (exact) mass is 215 g/mol. The van der Waals surface area contributed by atoms with Crippen LogP contribution in [-0.4, -0.2) is 28.7 Å². The molecule has 1 aliphatic heterocycles. The summed E-state index contributed by atoms with van der Waals surface area (Å²) in [6.07, 6.45) is 9.01. The molecule has 0 radical (unpaired) electrons. The van der Waals surface area contributed by atoms with E-state index in [0.717, 1.165) is 0 Å². The van der Waals surface area contributed by atoms with Crippen molar-refractivity contribution in [2.75, 3.05) is 11.4 Å². The Bertz CT molecular complexity index is 461. The lowest BCUT2D eigenvalue weighted by Crippen LogP contribution is -2.26. The maximum absolute atomic E-state index is 11.6. The molecular formula is C11H9N3O2. The Morgan fingerprint density at radius 1 is 1.50 bits per heavy atom.